The molecular weight excluding hydrogens is 178 g/mol. The highest BCUT2D eigenvalue weighted by atomic mass is 16.2. The van der Waals surface area contributed by atoms with Gasteiger partial charge >= 0.3 is 6.03 Å². The molecule has 0 unspecified atom stereocenters. The number of amides is 2. The van der Waals surface area contributed by atoms with Crippen molar-refractivity contribution in [2.75, 3.05) is 32.7 Å². The van der Waals surface area contributed by atoms with E-state index in [-0.39, 0.29) is 6.03 Å². The van der Waals surface area contributed by atoms with Gasteiger partial charge in [-0.1, -0.05) is 6.92 Å². The van der Waals surface area contributed by atoms with Gasteiger partial charge in [0, 0.05) is 32.2 Å². The summed E-state index contributed by atoms with van der Waals surface area (Å²) in [7, 11) is 0. The molecule has 0 aromatic rings. The zero-order valence-electron chi connectivity index (χ0n) is 8.83. The summed E-state index contributed by atoms with van der Waals surface area (Å²) in [5, 5.41) is 2.82. The molecule has 2 amide bonds. The maximum Gasteiger partial charge on any atom is 0.317 e. The van der Waals surface area contributed by atoms with Crippen LogP contribution in [0.25, 0.3) is 0 Å². The van der Waals surface area contributed by atoms with Crippen LogP contribution in [0.5, 0.6) is 0 Å². The summed E-state index contributed by atoms with van der Waals surface area (Å²) in [6.07, 6.45) is 2.69. The molecule has 0 bridgehead atoms. The molecule has 2 aliphatic rings. The summed E-state index contributed by atoms with van der Waals surface area (Å²) in [5.41, 5.74) is 0. The number of carbonyl (C=O) groups is 1. The Balaban J connectivity index is 1.72. The predicted octanol–water partition coefficient (Wildman–Crippen LogP) is 0.496. The lowest BCUT2D eigenvalue weighted by molar-refractivity contribution is 0.200. The van der Waals surface area contributed by atoms with Crippen LogP contribution >= 0.6 is 0 Å². The molecule has 0 aromatic carbocycles. The lowest BCUT2D eigenvalue weighted by Gasteiger charge is -2.23. The van der Waals surface area contributed by atoms with Crippen molar-refractivity contribution < 1.29 is 4.79 Å². The predicted molar refractivity (Wildman–Crippen MR) is 55.2 cm³/mol. The Kier molecular flexibility index (Phi) is 2.91. The van der Waals surface area contributed by atoms with Gasteiger partial charge in [-0.3, -0.25) is 4.90 Å². The van der Waals surface area contributed by atoms with Crippen molar-refractivity contribution in [1.82, 2.24) is 15.1 Å². The van der Waals surface area contributed by atoms with E-state index in [1.165, 1.54) is 12.8 Å². The van der Waals surface area contributed by atoms with Crippen LogP contribution in [0.2, 0.25) is 0 Å². The van der Waals surface area contributed by atoms with Gasteiger partial charge in [0.15, 0.2) is 0 Å². The Morgan fingerprint density at radius 3 is 2.86 bits per heavy atom. The number of hydrogen-bond donors (Lipinski definition) is 1. The molecule has 0 spiro atoms. The monoisotopic (exact) mass is 197 g/mol. The minimum Gasteiger partial charge on any atom is -0.336 e. The fourth-order valence-corrected chi connectivity index (χ4v) is 2.01. The number of likely N-dealkylation sites (N-methyl/N-ethyl adjacent to an activating group) is 1. The molecule has 4 nitrogen and oxygen atoms in total. The zero-order valence-corrected chi connectivity index (χ0v) is 8.83. The molecule has 2 rings (SSSR count). The van der Waals surface area contributed by atoms with Gasteiger partial charge in [0.1, 0.15) is 0 Å². The average Bonchev–Trinajstić information content (AvgIpc) is 2.93. The van der Waals surface area contributed by atoms with E-state index in [0.717, 1.165) is 38.8 Å². The van der Waals surface area contributed by atoms with Crippen molar-refractivity contribution in [3.63, 3.8) is 0 Å². The Morgan fingerprint density at radius 1 is 1.57 bits per heavy atom. The largest absolute Gasteiger partial charge is 0.336 e. The first kappa shape index (κ1) is 9.77. The number of carbonyl (C=O) groups excluding carboxylic acids is 1. The van der Waals surface area contributed by atoms with E-state index in [0.29, 0.717) is 0 Å². The lowest BCUT2D eigenvalue weighted by atomic mass is 10.4. The minimum atomic E-state index is 0.108. The van der Waals surface area contributed by atoms with Crippen LogP contribution in [0, 0.1) is 0 Å². The smallest absolute Gasteiger partial charge is 0.317 e. The lowest BCUT2D eigenvalue weighted by Crippen LogP contribution is -2.37. The molecule has 1 aliphatic heterocycles. The standard InChI is InChI=1S/C10H19N3O/c1-2-12(9-3-4-9)7-8-13-6-5-11-10(13)14/h9H,2-8H2,1H3,(H,11,14). The maximum absolute atomic E-state index is 11.3. The van der Waals surface area contributed by atoms with E-state index in [4.69, 9.17) is 0 Å². The highest BCUT2D eigenvalue weighted by molar-refractivity contribution is 5.76. The summed E-state index contributed by atoms with van der Waals surface area (Å²) >= 11 is 0. The van der Waals surface area contributed by atoms with Crippen molar-refractivity contribution in [2.24, 2.45) is 0 Å². The number of rotatable bonds is 5. The number of hydrogen-bond acceptors (Lipinski definition) is 2. The second-order valence-corrected chi connectivity index (χ2v) is 4.08. The van der Waals surface area contributed by atoms with Gasteiger partial charge in [0.2, 0.25) is 0 Å². The summed E-state index contributed by atoms with van der Waals surface area (Å²) < 4.78 is 0. The van der Waals surface area contributed by atoms with E-state index in [2.05, 4.69) is 17.1 Å². The summed E-state index contributed by atoms with van der Waals surface area (Å²) in [6.45, 7) is 6.92. The average molecular weight is 197 g/mol. The topological polar surface area (TPSA) is 35.6 Å². The molecular formula is C10H19N3O. The molecule has 14 heavy (non-hydrogen) atoms. The van der Waals surface area contributed by atoms with Crippen LogP contribution in [-0.2, 0) is 0 Å². The zero-order chi connectivity index (χ0) is 9.97. The van der Waals surface area contributed by atoms with E-state index in [1.54, 1.807) is 0 Å². The molecule has 0 aromatic heterocycles. The second kappa shape index (κ2) is 4.17. The number of nitrogens with zero attached hydrogens (tertiary/aromatic N) is 2. The Labute approximate surface area is 85.2 Å². The quantitative estimate of drug-likeness (QED) is 0.696. The first-order valence-corrected chi connectivity index (χ1v) is 5.58. The molecule has 0 radical (unpaired) electrons. The van der Waals surface area contributed by atoms with E-state index in [9.17, 15) is 4.79 Å². The Hall–Kier alpha value is -0.770. The Bertz CT molecular complexity index is 215. The first-order valence-electron chi connectivity index (χ1n) is 5.58. The molecule has 0 atom stereocenters. The van der Waals surface area contributed by atoms with Crippen LogP contribution in [0.1, 0.15) is 19.8 Å². The summed E-state index contributed by atoms with van der Waals surface area (Å²) in [5.74, 6) is 0. The maximum atomic E-state index is 11.3. The van der Waals surface area contributed by atoms with E-state index < -0.39 is 0 Å². The summed E-state index contributed by atoms with van der Waals surface area (Å²) in [4.78, 5) is 15.6. The molecule has 1 saturated carbocycles. The normalized spacial score (nSPS) is 21.9. The molecule has 1 saturated heterocycles. The van der Waals surface area contributed by atoms with Crippen LogP contribution < -0.4 is 5.32 Å². The highest BCUT2D eigenvalue weighted by Gasteiger charge is 2.28. The van der Waals surface area contributed by atoms with Crippen molar-refractivity contribution in [3.05, 3.63) is 0 Å². The number of urea groups is 1. The van der Waals surface area contributed by atoms with E-state index >= 15 is 0 Å². The molecule has 1 N–H and O–H groups in total. The Morgan fingerprint density at radius 2 is 2.36 bits per heavy atom. The van der Waals surface area contributed by atoms with Crippen molar-refractivity contribution >= 4 is 6.03 Å². The SMILES string of the molecule is CCN(CCN1CCNC1=O)C1CC1. The van der Waals surface area contributed by atoms with Gasteiger partial charge in [-0.05, 0) is 19.4 Å². The first-order chi connectivity index (χ1) is 6.81. The van der Waals surface area contributed by atoms with Gasteiger partial charge in [-0.2, -0.15) is 0 Å². The van der Waals surface area contributed by atoms with Crippen LogP contribution in [0.3, 0.4) is 0 Å². The second-order valence-electron chi connectivity index (χ2n) is 4.08. The van der Waals surface area contributed by atoms with Gasteiger partial charge < -0.3 is 10.2 Å². The van der Waals surface area contributed by atoms with Crippen LogP contribution in [0.15, 0.2) is 0 Å². The van der Waals surface area contributed by atoms with Crippen molar-refractivity contribution in [3.8, 4) is 0 Å². The fourth-order valence-electron chi connectivity index (χ4n) is 2.01. The van der Waals surface area contributed by atoms with Crippen molar-refractivity contribution in [1.29, 1.82) is 0 Å². The van der Waals surface area contributed by atoms with Gasteiger partial charge in [0.25, 0.3) is 0 Å². The molecule has 2 fully saturated rings. The number of nitrogens with one attached hydrogen (secondary N) is 1. The highest BCUT2D eigenvalue weighted by Crippen LogP contribution is 2.26. The third-order valence-corrected chi connectivity index (χ3v) is 3.07. The van der Waals surface area contributed by atoms with Crippen LogP contribution in [0.4, 0.5) is 4.79 Å². The molecule has 1 heterocycles. The van der Waals surface area contributed by atoms with Crippen LogP contribution in [-0.4, -0.2) is 54.6 Å². The molecule has 1 aliphatic carbocycles. The molecule has 80 valence electrons. The fraction of sp³-hybridized carbons (Fsp3) is 0.900. The van der Waals surface area contributed by atoms with Crippen molar-refractivity contribution in [2.45, 2.75) is 25.8 Å². The van der Waals surface area contributed by atoms with E-state index in [1.807, 2.05) is 4.90 Å². The van der Waals surface area contributed by atoms with Gasteiger partial charge in [0.05, 0.1) is 0 Å². The van der Waals surface area contributed by atoms with Gasteiger partial charge in [-0.15, -0.1) is 0 Å². The third kappa shape index (κ3) is 2.18. The summed E-state index contributed by atoms with van der Waals surface area (Å²) in [6, 6.07) is 0.919. The third-order valence-electron chi connectivity index (χ3n) is 3.07. The molecule has 4 heteroatoms. The van der Waals surface area contributed by atoms with Gasteiger partial charge in [-0.25, -0.2) is 4.79 Å². The minimum absolute atomic E-state index is 0.108.